The summed E-state index contributed by atoms with van der Waals surface area (Å²) in [5.41, 5.74) is 2.81. The Morgan fingerprint density at radius 3 is 2.06 bits per heavy atom. The Hall–Kier alpha value is -0.910. The van der Waals surface area contributed by atoms with E-state index in [0.29, 0.717) is 18.0 Å². The highest BCUT2D eigenvalue weighted by molar-refractivity contribution is 7.89. The van der Waals surface area contributed by atoms with E-state index in [1.807, 2.05) is 32.9 Å². The SMILES string of the molecule is Cc1cc(C)c(S(=O)(=O)N2CC[NH2+]CC2)c(C)c1. The molecule has 0 saturated carbocycles. The van der Waals surface area contributed by atoms with E-state index >= 15 is 0 Å². The number of quaternary nitrogens is 1. The minimum atomic E-state index is -3.33. The number of piperazine rings is 1. The van der Waals surface area contributed by atoms with Gasteiger partial charge in [-0.15, -0.1) is 0 Å². The van der Waals surface area contributed by atoms with Crippen molar-refractivity contribution in [2.45, 2.75) is 25.7 Å². The zero-order valence-electron chi connectivity index (χ0n) is 11.2. The van der Waals surface area contributed by atoms with Crippen LogP contribution >= 0.6 is 0 Å². The molecule has 18 heavy (non-hydrogen) atoms. The summed E-state index contributed by atoms with van der Waals surface area (Å²) < 4.78 is 26.9. The maximum absolute atomic E-state index is 12.7. The fourth-order valence-electron chi connectivity index (χ4n) is 2.67. The minimum Gasteiger partial charge on any atom is -0.344 e. The Kier molecular flexibility index (Phi) is 3.75. The van der Waals surface area contributed by atoms with Crippen molar-refractivity contribution in [1.29, 1.82) is 0 Å². The van der Waals surface area contributed by atoms with Crippen LogP contribution in [0.25, 0.3) is 0 Å². The van der Waals surface area contributed by atoms with Gasteiger partial charge < -0.3 is 5.32 Å². The lowest BCUT2D eigenvalue weighted by Gasteiger charge is -2.26. The summed E-state index contributed by atoms with van der Waals surface area (Å²) in [6.07, 6.45) is 0. The normalized spacial score (nSPS) is 17.9. The molecular weight excluding hydrogens is 248 g/mol. The molecule has 1 aromatic carbocycles. The number of hydrogen-bond donors (Lipinski definition) is 1. The van der Waals surface area contributed by atoms with Crippen molar-refractivity contribution in [1.82, 2.24) is 4.31 Å². The Morgan fingerprint density at radius 2 is 1.56 bits per heavy atom. The molecule has 0 unspecified atom stereocenters. The summed E-state index contributed by atoms with van der Waals surface area (Å²) in [5.74, 6) is 0. The number of benzene rings is 1. The van der Waals surface area contributed by atoms with E-state index in [2.05, 4.69) is 5.32 Å². The van der Waals surface area contributed by atoms with Crippen LogP contribution in [0.4, 0.5) is 0 Å². The van der Waals surface area contributed by atoms with E-state index in [1.54, 1.807) is 4.31 Å². The smallest absolute Gasteiger partial charge is 0.244 e. The molecule has 0 aromatic heterocycles. The molecule has 2 rings (SSSR count). The fraction of sp³-hybridized carbons (Fsp3) is 0.538. The first kappa shape index (κ1) is 13.5. The Morgan fingerprint density at radius 1 is 1.06 bits per heavy atom. The van der Waals surface area contributed by atoms with Crippen LogP contribution in [0.3, 0.4) is 0 Å². The summed E-state index contributed by atoms with van der Waals surface area (Å²) in [4.78, 5) is 0.495. The van der Waals surface area contributed by atoms with Gasteiger partial charge in [0.25, 0.3) is 0 Å². The highest BCUT2D eigenvalue weighted by atomic mass is 32.2. The summed E-state index contributed by atoms with van der Waals surface area (Å²) in [6, 6.07) is 3.88. The van der Waals surface area contributed by atoms with Crippen molar-refractivity contribution in [3.05, 3.63) is 28.8 Å². The van der Waals surface area contributed by atoms with Crippen LogP contribution in [0, 0.1) is 20.8 Å². The maximum atomic E-state index is 12.7. The van der Waals surface area contributed by atoms with Gasteiger partial charge >= 0.3 is 0 Å². The molecule has 5 heteroatoms. The van der Waals surface area contributed by atoms with Crippen LogP contribution in [0.2, 0.25) is 0 Å². The lowest BCUT2D eigenvalue weighted by atomic mass is 10.1. The third-order valence-corrected chi connectivity index (χ3v) is 5.57. The second-order valence-electron chi connectivity index (χ2n) is 5.00. The van der Waals surface area contributed by atoms with Crippen LogP contribution in [-0.4, -0.2) is 38.9 Å². The van der Waals surface area contributed by atoms with E-state index in [-0.39, 0.29) is 0 Å². The van der Waals surface area contributed by atoms with E-state index in [4.69, 9.17) is 0 Å². The first-order valence-electron chi connectivity index (χ1n) is 6.32. The van der Waals surface area contributed by atoms with Crippen molar-refractivity contribution in [3.8, 4) is 0 Å². The van der Waals surface area contributed by atoms with E-state index in [0.717, 1.165) is 29.8 Å². The zero-order chi connectivity index (χ0) is 13.3. The van der Waals surface area contributed by atoms with Gasteiger partial charge in [0.15, 0.2) is 0 Å². The minimum absolute atomic E-state index is 0.495. The number of hydrogen-bond acceptors (Lipinski definition) is 2. The third kappa shape index (κ3) is 2.43. The fourth-order valence-corrected chi connectivity index (χ4v) is 4.55. The lowest BCUT2D eigenvalue weighted by molar-refractivity contribution is -0.661. The average molecular weight is 269 g/mol. The maximum Gasteiger partial charge on any atom is 0.244 e. The topological polar surface area (TPSA) is 54.0 Å². The first-order chi connectivity index (χ1) is 8.43. The molecular formula is C13H21N2O2S+. The van der Waals surface area contributed by atoms with Crippen LogP contribution in [0.15, 0.2) is 17.0 Å². The van der Waals surface area contributed by atoms with Gasteiger partial charge in [-0.25, -0.2) is 8.42 Å². The molecule has 0 amide bonds. The van der Waals surface area contributed by atoms with Crippen molar-refractivity contribution >= 4 is 10.0 Å². The van der Waals surface area contributed by atoms with Gasteiger partial charge in [0.2, 0.25) is 10.0 Å². The molecule has 4 nitrogen and oxygen atoms in total. The molecule has 100 valence electrons. The van der Waals surface area contributed by atoms with Crippen molar-refractivity contribution < 1.29 is 13.7 Å². The molecule has 0 aliphatic carbocycles. The van der Waals surface area contributed by atoms with Gasteiger partial charge in [0.05, 0.1) is 31.1 Å². The van der Waals surface area contributed by atoms with E-state index in [9.17, 15) is 8.42 Å². The van der Waals surface area contributed by atoms with Gasteiger partial charge in [-0.3, -0.25) is 0 Å². The molecule has 0 spiro atoms. The zero-order valence-corrected chi connectivity index (χ0v) is 12.0. The number of sulfonamides is 1. The van der Waals surface area contributed by atoms with Gasteiger partial charge in [-0.05, 0) is 31.9 Å². The Bertz CT molecular complexity index is 523. The van der Waals surface area contributed by atoms with E-state index in [1.165, 1.54) is 0 Å². The molecule has 1 saturated heterocycles. The molecule has 1 aliphatic heterocycles. The van der Waals surface area contributed by atoms with Crippen molar-refractivity contribution in [2.75, 3.05) is 26.2 Å². The quantitative estimate of drug-likeness (QED) is 0.833. The van der Waals surface area contributed by atoms with E-state index < -0.39 is 10.0 Å². The van der Waals surface area contributed by atoms with Crippen molar-refractivity contribution in [2.24, 2.45) is 0 Å². The number of aryl methyl sites for hydroxylation is 3. The average Bonchev–Trinajstić information content (AvgIpc) is 2.28. The highest BCUT2D eigenvalue weighted by Crippen LogP contribution is 2.25. The standard InChI is InChI=1S/C13H20N2O2S/c1-10-8-11(2)13(12(3)9-10)18(16,17)15-6-4-14-5-7-15/h8-9,14H,4-7H2,1-3H3/p+1. The van der Waals surface area contributed by atoms with Gasteiger partial charge in [0.1, 0.15) is 0 Å². The molecule has 0 atom stereocenters. The Labute approximate surface area is 109 Å². The third-order valence-electron chi connectivity index (χ3n) is 3.37. The number of nitrogens with zero attached hydrogens (tertiary/aromatic N) is 1. The first-order valence-corrected chi connectivity index (χ1v) is 7.76. The highest BCUT2D eigenvalue weighted by Gasteiger charge is 2.29. The van der Waals surface area contributed by atoms with Gasteiger partial charge in [-0.1, -0.05) is 17.7 Å². The molecule has 2 N–H and O–H groups in total. The monoisotopic (exact) mass is 269 g/mol. The van der Waals surface area contributed by atoms with Crippen molar-refractivity contribution in [3.63, 3.8) is 0 Å². The predicted octanol–water partition coefficient (Wildman–Crippen LogP) is 0.180. The van der Waals surface area contributed by atoms with Gasteiger partial charge in [-0.2, -0.15) is 4.31 Å². The molecule has 1 aliphatic rings. The number of rotatable bonds is 2. The summed E-state index contributed by atoms with van der Waals surface area (Å²) in [7, 11) is -3.33. The lowest BCUT2D eigenvalue weighted by Crippen LogP contribution is -2.89. The molecule has 1 heterocycles. The largest absolute Gasteiger partial charge is 0.344 e. The summed E-state index contributed by atoms with van der Waals surface area (Å²) >= 11 is 0. The summed E-state index contributed by atoms with van der Waals surface area (Å²) in [6.45, 7) is 8.66. The second kappa shape index (κ2) is 4.99. The second-order valence-corrected chi connectivity index (χ2v) is 6.87. The van der Waals surface area contributed by atoms with Gasteiger partial charge in [0, 0.05) is 0 Å². The number of nitrogens with two attached hydrogens (primary N) is 1. The summed E-state index contributed by atoms with van der Waals surface area (Å²) in [5, 5.41) is 2.15. The van der Waals surface area contributed by atoms with Crippen LogP contribution in [0.5, 0.6) is 0 Å². The molecule has 0 radical (unpaired) electrons. The van der Waals surface area contributed by atoms with Crippen LogP contribution in [-0.2, 0) is 10.0 Å². The van der Waals surface area contributed by atoms with Crippen LogP contribution in [0.1, 0.15) is 16.7 Å². The molecule has 0 bridgehead atoms. The van der Waals surface area contributed by atoms with Crippen LogP contribution < -0.4 is 5.32 Å². The molecule has 1 fully saturated rings. The predicted molar refractivity (Wildman–Crippen MR) is 71.1 cm³/mol. The molecule has 1 aromatic rings. The Balaban J connectivity index is 2.47.